The van der Waals surface area contributed by atoms with Crippen LogP contribution in [-0.4, -0.2) is 63.5 Å². The zero-order valence-electron chi connectivity index (χ0n) is 11.6. The molecule has 1 aliphatic heterocycles. The molecule has 0 saturated carbocycles. The van der Waals surface area contributed by atoms with Crippen molar-refractivity contribution in [2.24, 2.45) is 0 Å². The van der Waals surface area contributed by atoms with Gasteiger partial charge in [-0.05, 0) is 33.9 Å². The summed E-state index contributed by atoms with van der Waals surface area (Å²) >= 11 is 0. The van der Waals surface area contributed by atoms with Gasteiger partial charge in [0.15, 0.2) is 11.4 Å². The number of amides is 1. The third-order valence-electron chi connectivity index (χ3n) is 3.65. The standard InChI is InChI=1S/C13H20N4O2/c1-9-4-5-16(3)6-7-17(9)13(19)11-12(18)10(2)14-8-15-11/h8-9,18H,4-7H2,1-3H3. The molecule has 0 aliphatic carbocycles. The largest absolute Gasteiger partial charge is 0.504 e. The van der Waals surface area contributed by atoms with Crippen LogP contribution in [0.1, 0.15) is 29.5 Å². The van der Waals surface area contributed by atoms with E-state index >= 15 is 0 Å². The van der Waals surface area contributed by atoms with Crippen LogP contribution in [-0.2, 0) is 0 Å². The summed E-state index contributed by atoms with van der Waals surface area (Å²) in [6.07, 6.45) is 2.24. The lowest BCUT2D eigenvalue weighted by Crippen LogP contribution is -2.40. The minimum Gasteiger partial charge on any atom is -0.504 e. The topological polar surface area (TPSA) is 69.6 Å². The lowest BCUT2D eigenvalue weighted by molar-refractivity contribution is 0.0692. The number of likely N-dealkylation sites (N-methyl/N-ethyl adjacent to an activating group) is 1. The van der Waals surface area contributed by atoms with E-state index in [0.717, 1.165) is 19.5 Å². The molecule has 1 saturated heterocycles. The molecular formula is C13H20N4O2. The van der Waals surface area contributed by atoms with Gasteiger partial charge in [-0.2, -0.15) is 0 Å². The highest BCUT2D eigenvalue weighted by molar-refractivity contribution is 5.95. The fourth-order valence-corrected chi connectivity index (χ4v) is 2.23. The molecule has 0 spiro atoms. The zero-order chi connectivity index (χ0) is 14.0. The zero-order valence-corrected chi connectivity index (χ0v) is 11.6. The maximum absolute atomic E-state index is 12.5. The highest BCUT2D eigenvalue weighted by atomic mass is 16.3. The Hall–Kier alpha value is -1.69. The number of rotatable bonds is 1. The van der Waals surface area contributed by atoms with Gasteiger partial charge in [-0.1, -0.05) is 0 Å². The Bertz CT molecular complexity index is 478. The van der Waals surface area contributed by atoms with E-state index in [0.29, 0.717) is 12.2 Å². The van der Waals surface area contributed by atoms with Crippen LogP contribution in [0.15, 0.2) is 6.33 Å². The summed E-state index contributed by atoms with van der Waals surface area (Å²) < 4.78 is 0. The summed E-state index contributed by atoms with van der Waals surface area (Å²) in [6, 6.07) is 0.145. The molecule has 19 heavy (non-hydrogen) atoms. The van der Waals surface area contributed by atoms with Crippen LogP contribution in [0.25, 0.3) is 0 Å². The van der Waals surface area contributed by atoms with E-state index in [4.69, 9.17) is 0 Å². The highest BCUT2D eigenvalue weighted by Crippen LogP contribution is 2.21. The minimum atomic E-state index is -0.217. The molecule has 1 N–H and O–H groups in total. The van der Waals surface area contributed by atoms with Gasteiger partial charge in [0, 0.05) is 19.1 Å². The van der Waals surface area contributed by atoms with Crippen molar-refractivity contribution in [1.82, 2.24) is 19.8 Å². The van der Waals surface area contributed by atoms with E-state index in [1.165, 1.54) is 6.33 Å². The third-order valence-corrected chi connectivity index (χ3v) is 3.65. The number of aryl methyl sites for hydroxylation is 1. The average Bonchev–Trinajstić information content (AvgIpc) is 2.55. The molecule has 6 heteroatoms. The number of hydrogen-bond donors (Lipinski definition) is 1. The minimum absolute atomic E-state index is 0.101. The average molecular weight is 264 g/mol. The molecule has 1 fully saturated rings. The Balaban J connectivity index is 2.25. The summed E-state index contributed by atoms with van der Waals surface area (Å²) in [6.45, 7) is 6.15. The van der Waals surface area contributed by atoms with Gasteiger partial charge < -0.3 is 14.9 Å². The van der Waals surface area contributed by atoms with Gasteiger partial charge in [-0.3, -0.25) is 4.79 Å². The maximum atomic E-state index is 12.5. The van der Waals surface area contributed by atoms with Gasteiger partial charge in [0.25, 0.3) is 5.91 Å². The molecule has 1 amide bonds. The molecule has 1 aromatic heterocycles. The monoisotopic (exact) mass is 264 g/mol. The van der Waals surface area contributed by atoms with Crippen molar-refractivity contribution in [1.29, 1.82) is 0 Å². The molecule has 1 aliphatic rings. The fourth-order valence-electron chi connectivity index (χ4n) is 2.23. The van der Waals surface area contributed by atoms with Crippen LogP contribution in [0.4, 0.5) is 0 Å². The molecule has 1 atom stereocenters. The first kappa shape index (κ1) is 13.7. The molecule has 0 bridgehead atoms. The molecular weight excluding hydrogens is 244 g/mol. The summed E-state index contributed by atoms with van der Waals surface area (Å²) in [7, 11) is 2.05. The first-order valence-electron chi connectivity index (χ1n) is 6.50. The molecule has 2 rings (SSSR count). The Morgan fingerprint density at radius 1 is 1.37 bits per heavy atom. The van der Waals surface area contributed by atoms with Gasteiger partial charge >= 0.3 is 0 Å². The number of hydrogen-bond acceptors (Lipinski definition) is 5. The summed E-state index contributed by atoms with van der Waals surface area (Å²) in [4.78, 5) is 24.3. The molecule has 0 radical (unpaired) electrons. The van der Waals surface area contributed by atoms with E-state index < -0.39 is 0 Å². The van der Waals surface area contributed by atoms with E-state index in [1.807, 2.05) is 14.0 Å². The van der Waals surface area contributed by atoms with Crippen molar-refractivity contribution in [3.63, 3.8) is 0 Å². The lowest BCUT2D eigenvalue weighted by atomic mass is 10.2. The van der Waals surface area contributed by atoms with E-state index in [9.17, 15) is 9.90 Å². The number of nitrogens with zero attached hydrogens (tertiary/aromatic N) is 4. The molecule has 2 heterocycles. The molecule has 1 unspecified atom stereocenters. The smallest absolute Gasteiger partial charge is 0.276 e. The van der Waals surface area contributed by atoms with Crippen LogP contribution in [0.2, 0.25) is 0 Å². The number of aromatic nitrogens is 2. The Morgan fingerprint density at radius 2 is 2.11 bits per heavy atom. The number of carbonyl (C=O) groups is 1. The summed E-state index contributed by atoms with van der Waals surface area (Å²) in [5.74, 6) is -0.330. The van der Waals surface area contributed by atoms with E-state index in [1.54, 1.807) is 11.8 Å². The second-order valence-corrected chi connectivity index (χ2v) is 5.10. The first-order chi connectivity index (χ1) is 9.00. The van der Waals surface area contributed by atoms with Crippen LogP contribution < -0.4 is 0 Å². The Labute approximate surface area is 113 Å². The van der Waals surface area contributed by atoms with Gasteiger partial charge in [0.2, 0.25) is 0 Å². The Kier molecular flexibility index (Phi) is 3.99. The highest BCUT2D eigenvalue weighted by Gasteiger charge is 2.27. The van der Waals surface area contributed by atoms with E-state index in [-0.39, 0.29) is 23.4 Å². The molecule has 1 aromatic rings. The van der Waals surface area contributed by atoms with E-state index in [2.05, 4.69) is 14.9 Å². The van der Waals surface area contributed by atoms with Crippen LogP contribution in [0, 0.1) is 6.92 Å². The van der Waals surface area contributed by atoms with Crippen LogP contribution in [0.3, 0.4) is 0 Å². The molecule has 0 aromatic carbocycles. The lowest BCUT2D eigenvalue weighted by Gasteiger charge is -2.26. The normalized spacial score (nSPS) is 21.2. The predicted molar refractivity (Wildman–Crippen MR) is 71.0 cm³/mol. The number of aromatic hydroxyl groups is 1. The van der Waals surface area contributed by atoms with Crippen molar-refractivity contribution in [3.05, 3.63) is 17.7 Å². The van der Waals surface area contributed by atoms with Crippen LogP contribution >= 0.6 is 0 Å². The van der Waals surface area contributed by atoms with Crippen LogP contribution in [0.5, 0.6) is 5.75 Å². The van der Waals surface area contributed by atoms with Crippen molar-refractivity contribution in [3.8, 4) is 5.75 Å². The number of carbonyl (C=O) groups excluding carboxylic acids is 1. The van der Waals surface area contributed by atoms with Gasteiger partial charge in [0.1, 0.15) is 6.33 Å². The molecule has 6 nitrogen and oxygen atoms in total. The third kappa shape index (κ3) is 2.84. The van der Waals surface area contributed by atoms with Gasteiger partial charge in [0.05, 0.1) is 5.69 Å². The summed E-state index contributed by atoms with van der Waals surface area (Å²) in [5.41, 5.74) is 0.529. The Morgan fingerprint density at radius 3 is 2.84 bits per heavy atom. The quantitative estimate of drug-likeness (QED) is 0.807. The van der Waals surface area contributed by atoms with Gasteiger partial charge in [-0.25, -0.2) is 9.97 Å². The van der Waals surface area contributed by atoms with Crippen molar-refractivity contribution in [2.45, 2.75) is 26.3 Å². The molecule has 104 valence electrons. The van der Waals surface area contributed by atoms with Crippen molar-refractivity contribution < 1.29 is 9.90 Å². The second kappa shape index (κ2) is 5.52. The second-order valence-electron chi connectivity index (χ2n) is 5.10. The maximum Gasteiger partial charge on any atom is 0.276 e. The first-order valence-corrected chi connectivity index (χ1v) is 6.50. The van der Waals surface area contributed by atoms with Crippen molar-refractivity contribution >= 4 is 5.91 Å². The fraction of sp³-hybridized carbons (Fsp3) is 0.615. The van der Waals surface area contributed by atoms with Crippen molar-refractivity contribution in [2.75, 3.05) is 26.7 Å². The SMILES string of the molecule is Cc1ncnc(C(=O)N2CCN(C)CCC2C)c1O. The summed E-state index contributed by atoms with van der Waals surface area (Å²) in [5, 5.41) is 9.92. The predicted octanol–water partition coefficient (Wildman–Crippen LogP) is 0.657. The van der Waals surface area contributed by atoms with Gasteiger partial charge in [-0.15, -0.1) is 0 Å².